The second-order valence-electron chi connectivity index (χ2n) is 5.53. The molecule has 0 radical (unpaired) electrons. The molecule has 5 nitrogen and oxygen atoms in total. The SMILES string of the molecule is CN(C)c1cccc(C(=O)Nc2nc3ccc4ncsc4c3s2)c1. The van der Waals surface area contributed by atoms with Crippen LogP contribution in [-0.2, 0) is 0 Å². The summed E-state index contributed by atoms with van der Waals surface area (Å²) in [6.07, 6.45) is 0. The number of carbonyl (C=O) groups excluding carboxylic acids is 1. The second kappa shape index (κ2) is 5.85. The van der Waals surface area contributed by atoms with Crippen LogP contribution in [0, 0.1) is 0 Å². The Bertz CT molecular complexity index is 1050. The molecule has 0 unspecified atom stereocenters. The normalized spacial score (nSPS) is 11.1. The lowest BCUT2D eigenvalue weighted by Crippen LogP contribution is -2.14. The minimum absolute atomic E-state index is 0.154. The molecule has 0 aliphatic heterocycles. The maximum absolute atomic E-state index is 12.5. The lowest BCUT2D eigenvalue weighted by atomic mass is 10.2. The molecule has 120 valence electrons. The standard InChI is InChI=1S/C17H14N4OS2/c1-21(2)11-5-3-4-10(8-11)16(22)20-17-19-13-7-6-12-14(15(13)24-17)23-9-18-12/h3-9H,1-2H3,(H,19,20,22). The Balaban J connectivity index is 1.66. The zero-order chi connectivity index (χ0) is 16.7. The van der Waals surface area contributed by atoms with Crippen LogP contribution >= 0.6 is 22.7 Å². The molecule has 2 aromatic heterocycles. The monoisotopic (exact) mass is 354 g/mol. The summed E-state index contributed by atoms with van der Waals surface area (Å²) in [7, 11) is 3.90. The van der Waals surface area contributed by atoms with Gasteiger partial charge in [-0.15, -0.1) is 11.3 Å². The van der Waals surface area contributed by atoms with Crippen LogP contribution in [0.25, 0.3) is 20.4 Å². The molecule has 4 rings (SSSR count). The Hall–Kier alpha value is -2.51. The lowest BCUT2D eigenvalue weighted by molar-refractivity contribution is 0.102. The summed E-state index contributed by atoms with van der Waals surface area (Å²) in [5, 5.41) is 3.51. The summed E-state index contributed by atoms with van der Waals surface area (Å²) in [4.78, 5) is 23.3. The van der Waals surface area contributed by atoms with Gasteiger partial charge in [-0.1, -0.05) is 17.4 Å². The van der Waals surface area contributed by atoms with Gasteiger partial charge in [-0.25, -0.2) is 9.97 Å². The van der Waals surface area contributed by atoms with E-state index in [2.05, 4.69) is 15.3 Å². The van der Waals surface area contributed by atoms with Crippen LogP contribution < -0.4 is 10.2 Å². The van der Waals surface area contributed by atoms with Crippen molar-refractivity contribution < 1.29 is 4.79 Å². The summed E-state index contributed by atoms with van der Waals surface area (Å²) in [6, 6.07) is 11.4. The predicted octanol–water partition coefficient (Wildman–Crippen LogP) is 4.22. The van der Waals surface area contributed by atoms with E-state index in [-0.39, 0.29) is 5.91 Å². The first-order chi connectivity index (χ1) is 11.6. The van der Waals surface area contributed by atoms with Gasteiger partial charge in [-0.05, 0) is 30.3 Å². The molecule has 0 bridgehead atoms. The number of benzene rings is 2. The van der Waals surface area contributed by atoms with E-state index in [1.807, 2.05) is 54.8 Å². The largest absolute Gasteiger partial charge is 0.378 e. The van der Waals surface area contributed by atoms with Crippen molar-refractivity contribution in [3.05, 3.63) is 47.5 Å². The fourth-order valence-corrected chi connectivity index (χ4v) is 4.35. The molecule has 0 fully saturated rings. The van der Waals surface area contributed by atoms with E-state index in [4.69, 9.17) is 0 Å². The van der Waals surface area contributed by atoms with Gasteiger partial charge in [0.25, 0.3) is 5.91 Å². The highest BCUT2D eigenvalue weighted by atomic mass is 32.1. The molecule has 0 aliphatic rings. The fraction of sp³-hybridized carbons (Fsp3) is 0.118. The van der Waals surface area contributed by atoms with Crippen molar-refractivity contribution in [3.8, 4) is 0 Å². The third-order valence-electron chi connectivity index (χ3n) is 3.70. The van der Waals surface area contributed by atoms with Gasteiger partial charge in [0.2, 0.25) is 0 Å². The lowest BCUT2D eigenvalue weighted by Gasteiger charge is -2.13. The molecule has 4 aromatic rings. The third-order valence-corrected chi connectivity index (χ3v) is 5.69. The van der Waals surface area contributed by atoms with E-state index < -0.39 is 0 Å². The molecule has 2 aromatic carbocycles. The number of carbonyl (C=O) groups is 1. The number of hydrogen-bond acceptors (Lipinski definition) is 6. The van der Waals surface area contributed by atoms with Crippen molar-refractivity contribution in [1.82, 2.24) is 9.97 Å². The summed E-state index contributed by atoms with van der Waals surface area (Å²) >= 11 is 3.07. The number of anilines is 2. The van der Waals surface area contributed by atoms with Gasteiger partial charge in [-0.3, -0.25) is 10.1 Å². The zero-order valence-corrected chi connectivity index (χ0v) is 14.7. The van der Waals surface area contributed by atoms with Gasteiger partial charge in [-0.2, -0.15) is 0 Å². The Kier molecular flexibility index (Phi) is 3.66. The fourth-order valence-electron chi connectivity index (χ4n) is 2.46. The highest BCUT2D eigenvalue weighted by Crippen LogP contribution is 2.34. The van der Waals surface area contributed by atoms with Gasteiger partial charge in [0, 0.05) is 25.3 Å². The molecule has 1 amide bonds. The molecular formula is C17H14N4OS2. The average molecular weight is 354 g/mol. The van der Waals surface area contributed by atoms with Crippen LogP contribution in [-0.4, -0.2) is 30.0 Å². The Morgan fingerprint density at radius 3 is 2.79 bits per heavy atom. The van der Waals surface area contributed by atoms with Crippen molar-refractivity contribution in [2.24, 2.45) is 0 Å². The summed E-state index contributed by atoms with van der Waals surface area (Å²) in [6.45, 7) is 0. The molecule has 0 atom stereocenters. The van der Waals surface area contributed by atoms with Crippen LogP contribution in [0.4, 0.5) is 10.8 Å². The minimum Gasteiger partial charge on any atom is -0.378 e. The van der Waals surface area contributed by atoms with Crippen LogP contribution in [0.2, 0.25) is 0 Å². The van der Waals surface area contributed by atoms with E-state index >= 15 is 0 Å². The number of hydrogen-bond donors (Lipinski definition) is 1. The van der Waals surface area contributed by atoms with Crippen LogP contribution in [0.3, 0.4) is 0 Å². The van der Waals surface area contributed by atoms with E-state index in [1.165, 1.54) is 11.3 Å². The van der Waals surface area contributed by atoms with Crippen LogP contribution in [0.15, 0.2) is 41.9 Å². The molecule has 24 heavy (non-hydrogen) atoms. The van der Waals surface area contributed by atoms with Crippen LogP contribution in [0.5, 0.6) is 0 Å². The summed E-state index contributed by atoms with van der Waals surface area (Å²) < 4.78 is 2.17. The van der Waals surface area contributed by atoms with Gasteiger partial charge in [0.05, 0.1) is 25.9 Å². The van der Waals surface area contributed by atoms with Crippen molar-refractivity contribution in [1.29, 1.82) is 0 Å². The molecule has 0 saturated heterocycles. The number of rotatable bonds is 3. The summed E-state index contributed by atoms with van der Waals surface area (Å²) in [5.74, 6) is -0.154. The van der Waals surface area contributed by atoms with Crippen molar-refractivity contribution in [2.75, 3.05) is 24.3 Å². The molecule has 7 heteroatoms. The zero-order valence-electron chi connectivity index (χ0n) is 13.1. The van der Waals surface area contributed by atoms with Crippen molar-refractivity contribution in [3.63, 3.8) is 0 Å². The van der Waals surface area contributed by atoms with Gasteiger partial charge in [0.15, 0.2) is 5.13 Å². The first-order valence-electron chi connectivity index (χ1n) is 7.33. The number of thiazole rings is 2. The molecule has 0 spiro atoms. The second-order valence-corrected chi connectivity index (χ2v) is 7.39. The molecule has 0 saturated carbocycles. The predicted molar refractivity (Wildman–Crippen MR) is 102 cm³/mol. The number of amides is 1. The molecule has 1 N–H and O–H groups in total. The van der Waals surface area contributed by atoms with Crippen molar-refractivity contribution in [2.45, 2.75) is 0 Å². The molecule has 2 heterocycles. The third kappa shape index (κ3) is 2.61. The number of aromatic nitrogens is 2. The first-order valence-corrected chi connectivity index (χ1v) is 9.03. The molecule has 0 aliphatic carbocycles. The smallest absolute Gasteiger partial charge is 0.257 e. The van der Waals surface area contributed by atoms with Crippen LogP contribution in [0.1, 0.15) is 10.4 Å². The highest BCUT2D eigenvalue weighted by molar-refractivity contribution is 7.28. The number of nitrogens with one attached hydrogen (secondary N) is 1. The van der Waals surface area contributed by atoms with Gasteiger partial charge >= 0.3 is 0 Å². The van der Waals surface area contributed by atoms with Crippen molar-refractivity contribution >= 4 is 59.8 Å². The first kappa shape index (κ1) is 15.0. The van der Waals surface area contributed by atoms with Gasteiger partial charge < -0.3 is 4.90 Å². The van der Waals surface area contributed by atoms with E-state index in [0.717, 1.165) is 26.1 Å². The molecular weight excluding hydrogens is 340 g/mol. The highest BCUT2D eigenvalue weighted by Gasteiger charge is 2.13. The summed E-state index contributed by atoms with van der Waals surface area (Å²) in [5.41, 5.74) is 5.28. The van der Waals surface area contributed by atoms with E-state index in [9.17, 15) is 4.79 Å². The Morgan fingerprint density at radius 1 is 1.12 bits per heavy atom. The number of nitrogens with zero attached hydrogens (tertiary/aromatic N) is 3. The Labute approximate surface area is 146 Å². The minimum atomic E-state index is -0.154. The van der Waals surface area contributed by atoms with Gasteiger partial charge in [0.1, 0.15) is 0 Å². The van der Waals surface area contributed by atoms with E-state index in [1.54, 1.807) is 17.4 Å². The Morgan fingerprint density at radius 2 is 1.96 bits per heavy atom. The topological polar surface area (TPSA) is 58.1 Å². The maximum atomic E-state index is 12.5. The quantitative estimate of drug-likeness (QED) is 0.598. The van der Waals surface area contributed by atoms with E-state index in [0.29, 0.717) is 10.7 Å². The number of fused-ring (bicyclic) bond motifs is 3. The average Bonchev–Trinajstić information content (AvgIpc) is 3.20. The maximum Gasteiger partial charge on any atom is 0.257 e.